The van der Waals surface area contributed by atoms with E-state index in [0.29, 0.717) is 0 Å². The molecule has 1 aliphatic rings. The molecule has 7 nitrogen and oxygen atoms in total. The summed E-state index contributed by atoms with van der Waals surface area (Å²) in [5, 5.41) is 25.0. The third-order valence-corrected chi connectivity index (χ3v) is 1.49. The van der Waals surface area contributed by atoms with Crippen molar-refractivity contribution in [1.82, 2.24) is 0 Å². The highest BCUT2D eigenvalue weighted by Gasteiger charge is 2.24. The molecule has 1 fully saturated rings. The van der Waals surface area contributed by atoms with E-state index in [2.05, 4.69) is 0 Å². The second-order valence-corrected chi connectivity index (χ2v) is 2.33. The lowest BCUT2D eigenvalue weighted by Gasteiger charge is -1.96. The molecule has 70 valence electrons. The van der Waals surface area contributed by atoms with Gasteiger partial charge in [0.1, 0.15) is 0 Å². The average Bonchev–Trinajstić information content (AvgIpc) is 2.34. The molecule has 0 unspecified atom stereocenters. The van der Waals surface area contributed by atoms with Crippen LogP contribution in [0, 0.1) is 15.3 Å². The second-order valence-electron chi connectivity index (χ2n) is 2.33. The highest BCUT2D eigenvalue weighted by Crippen LogP contribution is 1.95. The Morgan fingerprint density at radius 1 is 1.58 bits per heavy atom. The van der Waals surface area contributed by atoms with Crippen LogP contribution in [0.15, 0.2) is 0 Å². The Morgan fingerprint density at radius 3 is 2.25 bits per heavy atom. The molecule has 0 amide bonds. The molecule has 7 heteroatoms. The van der Waals surface area contributed by atoms with Crippen molar-refractivity contribution in [2.75, 3.05) is 6.54 Å². The number of carbonyl (C=O) groups is 1. The van der Waals surface area contributed by atoms with Crippen LogP contribution < -0.4 is 5.32 Å². The van der Waals surface area contributed by atoms with Gasteiger partial charge >= 0.3 is 5.97 Å². The summed E-state index contributed by atoms with van der Waals surface area (Å²) in [6, 6.07) is -0.144. The molecule has 0 aromatic heterocycles. The molecule has 3 N–H and O–H groups in total. The summed E-state index contributed by atoms with van der Waals surface area (Å²) < 4.78 is 0. The third kappa shape index (κ3) is 5.42. The lowest BCUT2D eigenvalue weighted by Crippen LogP contribution is -2.88. The molecule has 0 bridgehead atoms. The van der Waals surface area contributed by atoms with Crippen LogP contribution in [0.2, 0.25) is 0 Å². The van der Waals surface area contributed by atoms with Crippen molar-refractivity contribution in [2.24, 2.45) is 0 Å². The van der Waals surface area contributed by atoms with Crippen molar-refractivity contribution in [3.63, 3.8) is 0 Å². The Hall–Kier alpha value is -1.37. The SMILES string of the molecule is O=C(O)[C@@H]1CCC[NH2+]1.O=[N+]([O-])[O-]. The number of rotatable bonds is 1. The lowest BCUT2D eigenvalue weighted by atomic mass is 10.2. The molecule has 0 aromatic carbocycles. The number of nitrogens with zero attached hydrogens (tertiary/aromatic N) is 1. The number of aliphatic carboxylic acids is 1. The molecule has 1 heterocycles. The van der Waals surface area contributed by atoms with Gasteiger partial charge in [-0.1, -0.05) is 0 Å². The molecule has 1 rings (SSSR count). The highest BCUT2D eigenvalue weighted by atomic mass is 16.9. The third-order valence-electron chi connectivity index (χ3n) is 1.49. The van der Waals surface area contributed by atoms with E-state index in [4.69, 9.17) is 20.4 Å². The minimum absolute atomic E-state index is 0.144. The maximum atomic E-state index is 10.2. The van der Waals surface area contributed by atoms with E-state index in [1.54, 1.807) is 0 Å². The molecule has 0 aromatic rings. The van der Waals surface area contributed by atoms with Gasteiger partial charge in [0.2, 0.25) is 0 Å². The number of nitrogens with two attached hydrogens (primary N) is 1. The highest BCUT2D eigenvalue weighted by molar-refractivity contribution is 5.71. The zero-order valence-electron chi connectivity index (χ0n) is 6.30. The summed E-state index contributed by atoms with van der Waals surface area (Å²) in [6.45, 7) is 0.983. The van der Waals surface area contributed by atoms with Crippen LogP contribution in [0.1, 0.15) is 12.8 Å². The van der Waals surface area contributed by atoms with Gasteiger partial charge in [-0.3, -0.25) is 0 Å². The summed E-state index contributed by atoms with van der Waals surface area (Å²) >= 11 is 0. The first-order valence-electron chi connectivity index (χ1n) is 3.41. The fourth-order valence-electron chi connectivity index (χ4n) is 0.999. The van der Waals surface area contributed by atoms with Crippen LogP contribution in [-0.4, -0.2) is 28.7 Å². The number of carboxylic acids is 1. The fraction of sp³-hybridized carbons (Fsp3) is 0.800. The molecule has 12 heavy (non-hydrogen) atoms. The predicted octanol–water partition coefficient (Wildman–Crippen LogP) is -1.44. The number of hydrogen-bond acceptors (Lipinski definition) is 4. The van der Waals surface area contributed by atoms with Crippen molar-refractivity contribution in [1.29, 1.82) is 0 Å². The standard InChI is InChI=1S/C5H9NO2.NO3/c7-5(8)4-2-1-3-6-4;2-1(3)4/h4,6H,1-3H2,(H,7,8);/q;-1/p+1/t4-;/m0./s1. The van der Waals surface area contributed by atoms with Gasteiger partial charge in [0.05, 0.1) is 11.6 Å². The first-order chi connectivity index (χ1) is 5.54. The number of quaternary nitrogens is 1. The van der Waals surface area contributed by atoms with E-state index in [0.717, 1.165) is 19.4 Å². The first-order valence-corrected chi connectivity index (χ1v) is 3.41. The molecule has 1 aliphatic heterocycles. The Kier molecular flexibility index (Phi) is 4.70. The maximum absolute atomic E-state index is 10.2. The van der Waals surface area contributed by atoms with E-state index < -0.39 is 11.1 Å². The van der Waals surface area contributed by atoms with Crippen molar-refractivity contribution in [3.05, 3.63) is 15.3 Å². The number of hydrogen-bond donors (Lipinski definition) is 2. The molecular weight excluding hydrogens is 168 g/mol. The predicted molar refractivity (Wildman–Crippen MR) is 37.8 cm³/mol. The van der Waals surface area contributed by atoms with Crippen molar-refractivity contribution >= 4 is 5.97 Å². The van der Waals surface area contributed by atoms with E-state index in [1.807, 2.05) is 5.32 Å². The van der Waals surface area contributed by atoms with E-state index in [-0.39, 0.29) is 6.04 Å². The summed E-state index contributed by atoms with van der Waals surface area (Å²) in [4.78, 5) is 18.4. The Balaban J connectivity index is 0.000000261. The topological polar surface area (TPSA) is 120 Å². The largest absolute Gasteiger partial charge is 0.477 e. The van der Waals surface area contributed by atoms with Gasteiger partial charge in [0, 0.05) is 12.8 Å². The Labute approximate surface area is 68.1 Å². The van der Waals surface area contributed by atoms with E-state index in [1.165, 1.54) is 0 Å². The molecule has 0 radical (unpaired) electrons. The summed E-state index contributed by atoms with van der Waals surface area (Å²) in [6.07, 6.45) is 1.90. The summed E-state index contributed by atoms with van der Waals surface area (Å²) in [5.41, 5.74) is 0. The molecule has 0 aliphatic carbocycles. The van der Waals surface area contributed by atoms with Gasteiger partial charge in [0.25, 0.3) is 0 Å². The molecule has 1 saturated heterocycles. The monoisotopic (exact) mass is 178 g/mol. The quantitative estimate of drug-likeness (QED) is 0.376. The first kappa shape index (κ1) is 10.6. The van der Waals surface area contributed by atoms with Gasteiger partial charge in [-0.2, -0.15) is 0 Å². The van der Waals surface area contributed by atoms with Gasteiger partial charge in [0.15, 0.2) is 6.04 Å². The molecule has 0 saturated carbocycles. The van der Waals surface area contributed by atoms with E-state index >= 15 is 0 Å². The normalized spacial score (nSPS) is 20.8. The Bertz CT molecular complexity index is 161. The minimum atomic E-state index is -1.75. The maximum Gasteiger partial charge on any atom is 0.362 e. The van der Waals surface area contributed by atoms with Crippen LogP contribution in [-0.2, 0) is 4.79 Å². The fourth-order valence-corrected chi connectivity index (χ4v) is 0.999. The van der Waals surface area contributed by atoms with Gasteiger partial charge in [-0.25, -0.2) is 4.79 Å². The van der Waals surface area contributed by atoms with Crippen molar-refractivity contribution in [2.45, 2.75) is 18.9 Å². The van der Waals surface area contributed by atoms with Gasteiger partial charge < -0.3 is 25.7 Å². The number of carboxylic acid groups (broad SMARTS) is 1. The van der Waals surface area contributed by atoms with Crippen LogP contribution in [0.25, 0.3) is 0 Å². The molecule has 0 spiro atoms. The second kappa shape index (κ2) is 5.30. The van der Waals surface area contributed by atoms with Crippen molar-refractivity contribution in [3.8, 4) is 0 Å². The van der Waals surface area contributed by atoms with Crippen LogP contribution in [0.4, 0.5) is 0 Å². The average molecular weight is 178 g/mol. The summed E-state index contributed by atoms with van der Waals surface area (Å²) in [7, 11) is 0. The van der Waals surface area contributed by atoms with Gasteiger partial charge in [-0.15, -0.1) is 0 Å². The zero-order valence-corrected chi connectivity index (χ0v) is 6.30. The smallest absolute Gasteiger partial charge is 0.362 e. The zero-order chi connectivity index (χ0) is 9.56. The Morgan fingerprint density at radius 2 is 2.08 bits per heavy atom. The van der Waals surface area contributed by atoms with E-state index in [9.17, 15) is 4.79 Å². The molecular formula is C5H10N2O5. The van der Waals surface area contributed by atoms with Crippen LogP contribution in [0.5, 0.6) is 0 Å². The van der Waals surface area contributed by atoms with Crippen molar-refractivity contribution < 1.29 is 20.3 Å². The summed E-state index contributed by atoms with van der Waals surface area (Å²) in [5.74, 6) is -0.664. The van der Waals surface area contributed by atoms with Gasteiger partial charge in [-0.05, 0) is 0 Å². The lowest BCUT2D eigenvalue weighted by molar-refractivity contribution is -0.658. The van der Waals surface area contributed by atoms with Crippen LogP contribution >= 0.6 is 0 Å². The van der Waals surface area contributed by atoms with Crippen LogP contribution in [0.3, 0.4) is 0 Å². The minimum Gasteiger partial charge on any atom is -0.477 e. The molecule has 1 atom stereocenters.